The second-order valence-corrected chi connectivity index (χ2v) is 14.0. The number of amides is 3. The molecule has 266 valence electrons. The van der Waals surface area contributed by atoms with Crippen LogP contribution in [0.3, 0.4) is 0 Å². The normalized spacial score (nSPS) is 19.0. The summed E-state index contributed by atoms with van der Waals surface area (Å²) in [6.07, 6.45) is 5.21. The van der Waals surface area contributed by atoms with Gasteiger partial charge in [-0.1, -0.05) is 23.4 Å². The fraction of sp³-hybridized carbons (Fsp3) is 0.500. The van der Waals surface area contributed by atoms with Gasteiger partial charge in [-0.3, -0.25) is 19.4 Å². The molecule has 1 unspecified atom stereocenters. The number of pyridine rings is 1. The number of methoxy groups -OCH3 is 1. The number of aromatic nitrogens is 2. The van der Waals surface area contributed by atoms with Gasteiger partial charge in [-0.25, -0.2) is 8.42 Å². The van der Waals surface area contributed by atoms with Gasteiger partial charge in [-0.05, 0) is 75.3 Å². The third kappa shape index (κ3) is 10.6. The van der Waals surface area contributed by atoms with Crippen LogP contribution in [0.15, 0.2) is 58.2 Å². The molecule has 4 heterocycles. The first-order chi connectivity index (χ1) is 23.5. The van der Waals surface area contributed by atoms with Crippen molar-refractivity contribution in [2.24, 2.45) is 5.41 Å². The van der Waals surface area contributed by atoms with Crippen molar-refractivity contribution in [3.8, 4) is 5.75 Å². The van der Waals surface area contributed by atoms with Crippen LogP contribution in [-0.4, -0.2) is 93.6 Å². The van der Waals surface area contributed by atoms with Crippen LogP contribution in [0.5, 0.6) is 5.75 Å². The first-order valence-electron chi connectivity index (χ1n) is 16.4. The third-order valence-electron chi connectivity index (χ3n) is 8.43. The van der Waals surface area contributed by atoms with Crippen LogP contribution >= 0.6 is 0 Å². The summed E-state index contributed by atoms with van der Waals surface area (Å²) in [5.41, 5.74) is 0.987. The standard InChI is InChI=1S/C34H46N6O8S/c1-25-32(26(2)48-39-25)49(44,45)40-18-5-8-30(41)38-24-34(14-20-46-3,33(43)37-17-13-28-7-4-15-35-22-28)21-27-9-11-29(12-10-27)47-23-31(42)36-16-6-19-40/h4,7,9-12,15,22H,5-6,8,13-14,16-21,23-24H2,1-3H3,(H,36,42)(H,37,43)(H,38,41). The summed E-state index contributed by atoms with van der Waals surface area (Å²) in [7, 11) is -2.45. The Bertz CT molecular complexity index is 1630. The molecule has 3 aromatic rings. The highest BCUT2D eigenvalue weighted by atomic mass is 32.2. The van der Waals surface area contributed by atoms with Crippen molar-refractivity contribution in [2.45, 2.75) is 57.3 Å². The van der Waals surface area contributed by atoms with Gasteiger partial charge < -0.3 is 29.9 Å². The molecule has 5 rings (SSSR count). The van der Waals surface area contributed by atoms with Gasteiger partial charge in [-0.15, -0.1) is 0 Å². The van der Waals surface area contributed by atoms with Crippen molar-refractivity contribution in [2.75, 3.05) is 53.0 Å². The van der Waals surface area contributed by atoms with Gasteiger partial charge in [0.25, 0.3) is 5.91 Å². The molecule has 3 N–H and O–H groups in total. The molecule has 3 amide bonds. The maximum Gasteiger partial charge on any atom is 0.257 e. The first kappa shape index (κ1) is 37.5. The van der Waals surface area contributed by atoms with E-state index >= 15 is 0 Å². The summed E-state index contributed by atoms with van der Waals surface area (Å²) in [4.78, 5) is 43.9. The summed E-state index contributed by atoms with van der Waals surface area (Å²) >= 11 is 0. The molecular formula is C34H46N6O8S. The zero-order chi connectivity index (χ0) is 35.3. The van der Waals surface area contributed by atoms with Gasteiger partial charge in [0.2, 0.25) is 21.8 Å². The number of hydrogen-bond donors (Lipinski definition) is 3. The van der Waals surface area contributed by atoms with Gasteiger partial charge in [-0.2, -0.15) is 4.31 Å². The van der Waals surface area contributed by atoms with Crippen molar-refractivity contribution >= 4 is 27.7 Å². The van der Waals surface area contributed by atoms with E-state index < -0.39 is 15.4 Å². The highest BCUT2D eigenvalue weighted by molar-refractivity contribution is 7.89. The van der Waals surface area contributed by atoms with Crippen LogP contribution < -0.4 is 20.7 Å². The summed E-state index contributed by atoms with van der Waals surface area (Å²) in [6, 6.07) is 10.9. The van der Waals surface area contributed by atoms with Crippen molar-refractivity contribution < 1.29 is 36.8 Å². The van der Waals surface area contributed by atoms with Gasteiger partial charge in [0.05, 0.1) is 5.41 Å². The minimum atomic E-state index is -4.01. The maximum atomic E-state index is 14.0. The molecule has 2 aromatic heterocycles. The SMILES string of the molecule is COCCC1(C(=O)NCCc2cccnc2)CNC(=O)CCCN(S(=O)(=O)c2c(C)noc2C)CCCNC(=O)COc2ccc(cc2)C1. The second kappa shape index (κ2) is 17.9. The molecule has 1 atom stereocenters. The van der Waals surface area contributed by atoms with Crippen molar-refractivity contribution in [1.29, 1.82) is 0 Å². The van der Waals surface area contributed by atoms with Crippen molar-refractivity contribution in [3.63, 3.8) is 0 Å². The van der Waals surface area contributed by atoms with E-state index in [1.54, 1.807) is 38.6 Å². The molecule has 0 spiro atoms. The summed E-state index contributed by atoms with van der Waals surface area (Å²) in [5.74, 6) is -0.251. The lowest BCUT2D eigenvalue weighted by molar-refractivity contribution is -0.133. The van der Waals surface area contributed by atoms with Gasteiger partial charge in [0.15, 0.2) is 12.4 Å². The van der Waals surface area contributed by atoms with Gasteiger partial charge in [0, 0.05) is 65.3 Å². The lowest BCUT2D eigenvalue weighted by Gasteiger charge is -2.33. The molecule has 2 aliphatic heterocycles. The van der Waals surface area contributed by atoms with E-state index in [9.17, 15) is 22.8 Å². The zero-order valence-electron chi connectivity index (χ0n) is 28.3. The van der Waals surface area contributed by atoms with E-state index in [-0.39, 0.29) is 86.3 Å². The third-order valence-corrected chi connectivity index (χ3v) is 10.6. The monoisotopic (exact) mass is 698 g/mol. The topological polar surface area (TPSA) is 182 Å². The molecule has 14 nitrogen and oxygen atoms in total. The number of hydrogen-bond acceptors (Lipinski definition) is 10. The van der Waals surface area contributed by atoms with Crippen LogP contribution in [0.4, 0.5) is 0 Å². The molecule has 0 fully saturated rings. The number of ether oxygens (including phenoxy) is 2. The molecule has 2 aliphatic rings. The summed E-state index contributed by atoms with van der Waals surface area (Å²) in [6.45, 7) is 3.92. The zero-order valence-corrected chi connectivity index (χ0v) is 29.1. The molecule has 0 saturated carbocycles. The number of rotatable bonds is 9. The summed E-state index contributed by atoms with van der Waals surface area (Å²) in [5, 5.41) is 12.6. The number of benzene rings is 1. The molecule has 1 aromatic carbocycles. The van der Waals surface area contributed by atoms with E-state index in [1.165, 1.54) is 11.2 Å². The molecular weight excluding hydrogens is 652 g/mol. The Morgan fingerprint density at radius 2 is 1.86 bits per heavy atom. The van der Waals surface area contributed by atoms with Crippen molar-refractivity contribution in [3.05, 3.63) is 71.4 Å². The van der Waals surface area contributed by atoms with Gasteiger partial charge in [0.1, 0.15) is 16.3 Å². The Morgan fingerprint density at radius 3 is 2.55 bits per heavy atom. The number of sulfonamides is 1. The number of carbonyl (C=O) groups is 3. The average molecular weight is 699 g/mol. The van der Waals surface area contributed by atoms with E-state index in [4.69, 9.17) is 14.0 Å². The Kier molecular flexibility index (Phi) is 13.7. The molecule has 2 bridgehead atoms. The second-order valence-electron chi connectivity index (χ2n) is 12.1. The lowest BCUT2D eigenvalue weighted by Crippen LogP contribution is -2.51. The summed E-state index contributed by atoms with van der Waals surface area (Å²) < 4.78 is 44.9. The van der Waals surface area contributed by atoms with Gasteiger partial charge >= 0.3 is 0 Å². The highest BCUT2D eigenvalue weighted by Crippen LogP contribution is 2.29. The predicted octanol–water partition coefficient (Wildman–Crippen LogP) is 2.10. The van der Waals surface area contributed by atoms with E-state index in [1.807, 2.05) is 24.3 Å². The molecule has 0 radical (unpaired) electrons. The predicted molar refractivity (Wildman–Crippen MR) is 180 cm³/mol. The smallest absolute Gasteiger partial charge is 0.257 e. The van der Waals surface area contributed by atoms with E-state index in [0.717, 1.165) is 11.1 Å². The number of nitrogens with zero attached hydrogens (tertiary/aromatic N) is 3. The van der Waals surface area contributed by atoms with Crippen LogP contribution in [0.1, 0.15) is 48.3 Å². The number of fused-ring (bicyclic) bond motifs is 17. The first-order valence-corrected chi connectivity index (χ1v) is 17.8. The molecule has 0 aliphatic carbocycles. The fourth-order valence-corrected chi connectivity index (χ4v) is 7.55. The fourth-order valence-electron chi connectivity index (χ4n) is 5.74. The Labute approximate surface area is 287 Å². The lowest BCUT2D eigenvalue weighted by atomic mass is 9.77. The largest absolute Gasteiger partial charge is 0.484 e. The Hall–Kier alpha value is -4.34. The molecule has 0 saturated heterocycles. The Morgan fingerprint density at radius 1 is 1.08 bits per heavy atom. The number of carbonyl (C=O) groups excluding carboxylic acids is 3. The molecule has 49 heavy (non-hydrogen) atoms. The Balaban J connectivity index is 1.56. The van der Waals surface area contributed by atoms with E-state index in [0.29, 0.717) is 38.0 Å². The maximum absolute atomic E-state index is 14.0. The number of nitrogens with one attached hydrogen (secondary N) is 3. The van der Waals surface area contributed by atoms with Crippen LogP contribution in [-0.2, 0) is 42.0 Å². The van der Waals surface area contributed by atoms with Crippen LogP contribution in [0.25, 0.3) is 0 Å². The van der Waals surface area contributed by atoms with Crippen LogP contribution in [0, 0.1) is 19.3 Å². The quantitative estimate of drug-likeness (QED) is 0.299. The molecule has 15 heteroatoms. The van der Waals surface area contributed by atoms with E-state index in [2.05, 4.69) is 26.1 Å². The number of aryl methyl sites for hydroxylation is 2. The minimum Gasteiger partial charge on any atom is -0.484 e. The van der Waals surface area contributed by atoms with Crippen molar-refractivity contribution in [1.82, 2.24) is 30.4 Å². The van der Waals surface area contributed by atoms with Crippen LogP contribution in [0.2, 0.25) is 0 Å². The average Bonchev–Trinajstić information content (AvgIpc) is 3.44. The minimum absolute atomic E-state index is 0.00741. The highest BCUT2D eigenvalue weighted by Gasteiger charge is 2.39.